The maximum atomic E-state index is 12.6. The lowest BCUT2D eigenvalue weighted by molar-refractivity contribution is -0.116. The van der Waals surface area contributed by atoms with Gasteiger partial charge < -0.3 is 5.32 Å². The van der Waals surface area contributed by atoms with Gasteiger partial charge in [0.25, 0.3) is 10.0 Å². The summed E-state index contributed by atoms with van der Waals surface area (Å²) in [7, 11) is -7.79. The maximum Gasteiger partial charge on any atom is 0.261 e. The maximum absolute atomic E-state index is 12.6. The van der Waals surface area contributed by atoms with Crippen LogP contribution in [0.5, 0.6) is 0 Å². The van der Waals surface area contributed by atoms with Gasteiger partial charge in [0.1, 0.15) is 0 Å². The van der Waals surface area contributed by atoms with E-state index in [0.29, 0.717) is 12.1 Å². The first kappa shape index (κ1) is 19.7. The number of amides is 1. The van der Waals surface area contributed by atoms with Crippen LogP contribution in [-0.4, -0.2) is 28.0 Å². The normalized spacial score (nSPS) is 17.6. The summed E-state index contributed by atoms with van der Waals surface area (Å²) in [4.78, 5) is 12.5. The van der Waals surface area contributed by atoms with E-state index >= 15 is 0 Å². The van der Waals surface area contributed by atoms with Crippen LogP contribution in [0.4, 0.5) is 11.4 Å². The number of anilines is 2. The van der Waals surface area contributed by atoms with E-state index in [1.807, 2.05) is 6.92 Å². The number of benzene rings is 2. The third-order valence-electron chi connectivity index (χ3n) is 3.77. The zero-order valence-electron chi connectivity index (χ0n) is 14.2. The SMILES string of the molecule is C[C@H]1CC(=O)Nc2cc(S(=O)(=O)Nc3ccc(S(N)(=O)=O)cc3)ccc2S1. The number of rotatable bonds is 4. The number of nitrogens with one attached hydrogen (secondary N) is 2. The van der Waals surface area contributed by atoms with Crippen molar-refractivity contribution in [2.75, 3.05) is 10.0 Å². The molecule has 4 N–H and O–H groups in total. The van der Waals surface area contributed by atoms with E-state index in [4.69, 9.17) is 5.14 Å². The highest BCUT2D eigenvalue weighted by Gasteiger charge is 2.22. The summed E-state index contributed by atoms with van der Waals surface area (Å²) >= 11 is 1.50. The molecular formula is C16H17N3O5S3. The molecule has 11 heteroatoms. The Balaban J connectivity index is 1.88. The summed E-state index contributed by atoms with van der Waals surface area (Å²) in [6.45, 7) is 1.93. The molecule has 2 aromatic carbocycles. The Kier molecular flexibility index (Phi) is 5.21. The molecule has 0 spiro atoms. The molecule has 3 rings (SSSR count). The molecule has 1 amide bonds. The van der Waals surface area contributed by atoms with Gasteiger partial charge in [0.2, 0.25) is 15.9 Å². The van der Waals surface area contributed by atoms with Gasteiger partial charge in [-0.25, -0.2) is 22.0 Å². The largest absolute Gasteiger partial charge is 0.325 e. The lowest BCUT2D eigenvalue weighted by Crippen LogP contribution is -2.15. The van der Waals surface area contributed by atoms with E-state index < -0.39 is 20.0 Å². The monoisotopic (exact) mass is 427 g/mol. The molecule has 144 valence electrons. The number of hydrogen-bond acceptors (Lipinski definition) is 6. The predicted octanol–water partition coefficient (Wildman–Crippen LogP) is 1.96. The first-order valence-corrected chi connectivity index (χ1v) is 11.7. The van der Waals surface area contributed by atoms with E-state index in [1.54, 1.807) is 6.07 Å². The van der Waals surface area contributed by atoms with E-state index in [0.717, 1.165) is 4.90 Å². The number of hydrogen-bond donors (Lipinski definition) is 3. The molecule has 0 saturated heterocycles. The van der Waals surface area contributed by atoms with Crippen molar-refractivity contribution >= 4 is 49.1 Å². The van der Waals surface area contributed by atoms with Gasteiger partial charge in [-0.05, 0) is 42.5 Å². The van der Waals surface area contributed by atoms with Crippen molar-refractivity contribution < 1.29 is 21.6 Å². The Labute approximate surface area is 161 Å². The minimum atomic E-state index is -3.93. The van der Waals surface area contributed by atoms with Crippen LogP contribution in [0.25, 0.3) is 0 Å². The van der Waals surface area contributed by atoms with E-state index in [1.165, 1.54) is 48.2 Å². The fraction of sp³-hybridized carbons (Fsp3) is 0.188. The number of fused-ring (bicyclic) bond motifs is 1. The fourth-order valence-corrected chi connectivity index (χ4v) is 5.18. The first-order chi connectivity index (χ1) is 12.5. The Morgan fingerprint density at radius 3 is 2.33 bits per heavy atom. The molecule has 0 saturated carbocycles. The molecule has 1 atom stereocenters. The highest BCUT2D eigenvalue weighted by atomic mass is 32.2. The van der Waals surface area contributed by atoms with Gasteiger partial charge in [-0.15, -0.1) is 11.8 Å². The molecule has 1 heterocycles. The number of nitrogens with two attached hydrogens (primary N) is 1. The summed E-state index contributed by atoms with van der Waals surface area (Å²) < 4.78 is 50.2. The average Bonchev–Trinajstić information content (AvgIpc) is 2.69. The van der Waals surface area contributed by atoms with Crippen molar-refractivity contribution in [1.82, 2.24) is 0 Å². The van der Waals surface area contributed by atoms with Crippen LogP contribution in [0.1, 0.15) is 13.3 Å². The van der Waals surface area contributed by atoms with Gasteiger partial charge >= 0.3 is 0 Å². The molecule has 0 fully saturated rings. The summed E-state index contributed by atoms with van der Waals surface area (Å²) in [6.07, 6.45) is 0.343. The second-order valence-electron chi connectivity index (χ2n) is 6.01. The molecule has 0 aromatic heterocycles. The quantitative estimate of drug-likeness (QED) is 0.682. The molecule has 0 radical (unpaired) electrons. The average molecular weight is 428 g/mol. The fourth-order valence-electron chi connectivity index (χ4n) is 2.52. The molecule has 0 aliphatic carbocycles. The Morgan fingerprint density at radius 1 is 1.07 bits per heavy atom. The molecular weight excluding hydrogens is 410 g/mol. The van der Waals surface area contributed by atoms with Gasteiger partial charge in [-0.2, -0.15) is 0 Å². The van der Waals surface area contributed by atoms with Crippen molar-refractivity contribution in [1.29, 1.82) is 0 Å². The van der Waals surface area contributed by atoms with Gasteiger partial charge in [-0.3, -0.25) is 9.52 Å². The minimum Gasteiger partial charge on any atom is -0.325 e. The van der Waals surface area contributed by atoms with Crippen molar-refractivity contribution in [2.45, 2.75) is 33.3 Å². The molecule has 0 unspecified atom stereocenters. The van der Waals surface area contributed by atoms with Gasteiger partial charge in [-0.1, -0.05) is 6.92 Å². The van der Waals surface area contributed by atoms with Crippen LogP contribution in [-0.2, 0) is 24.8 Å². The smallest absolute Gasteiger partial charge is 0.261 e. The predicted molar refractivity (Wildman–Crippen MR) is 104 cm³/mol. The van der Waals surface area contributed by atoms with Crippen molar-refractivity contribution in [3.05, 3.63) is 42.5 Å². The Morgan fingerprint density at radius 2 is 1.70 bits per heavy atom. The highest BCUT2D eigenvalue weighted by Crippen LogP contribution is 2.36. The van der Waals surface area contributed by atoms with Crippen molar-refractivity contribution in [2.24, 2.45) is 5.14 Å². The number of sulfonamides is 2. The highest BCUT2D eigenvalue weighted by molar-refractivity contribution is 8.00. The van der Waals surface area contributed by atoms with E-state index in [-0.39, 0.29) is 26.6 Å². The summed E-state index contributed by atoms with van der Waals surface area (Å²) in [5, 5.41) is 7.83. The zero-order chi connectivity index (χ0) is 19.8. The van der Waals surface area contributed by atoms with Crippen molar-refractivity contribution in [3.63, 3.8) is 0 Å². The standard InChI is InChI=1S/C16H17N3O5S3/c1-10-8-16(20)18-14-9-13(6-7-15(14)25-10)27(23,24)19-11-2-4-12(5-3-11)26(17,21)22/h2-7,9-10,19H,8H2,1H3,(H,18,20)(H2,17,21,22)/t10-/m0/s1. The van der Waals surface area contributed by atoms with Gasteiger partial charge in [0, 0.05) is 22.3 Å². The van der Waals surface area contributed by atoms with Crippen LogP contribution in [0.2, 0.25) is 0 Å². The number of primary sulfonamides is 1. The molecule has 2 aromatic rings. The molecule has 0 bridgehead atoms. The van der Waals surface area contributed by atoms with Crippen molar-refractivity contribution in [3.8, 4) is 0 Å². The van der Waals surface area contributed by atoms with Crippen LogP contribution in [0, 0.1) is 0 Å². The summed E-state index contributed by atoms with van der Waals surface area (Å²) in [5.41, 5.74) is 0.631. The Bertz CT molecular complexity index is 1100. The second kappa shape index (κ2) is 7.15. The number of carbonyl (C=O) groups is 1. The topological polar surface area (TPSA) is 135 Å². The van der Waals surface area contributed by atoms with Crippen LogP contribution < -0.4 is 15.2 Å². The van der Waals surface area contributed by atoms with Gasteiger partial charge in [0.05, 0.1) is 15.5 Å². The number of thioether (sulfide) groups is 1. The molecule has 1 aliphatic heterocycles. The summed E-state index contributed by atoms with van der Waals surface area (Å²) in [5.74, 6) is -0.171. The second-order valence-corrected chi connectivity index (χ2v) is 10.7. The zero-order valence-corrected chi connectivity index (χ0v) is 16.6. The Hall–Kier alpha value is -2.08. The lowest BCUT2D eigenvalue weighted by Gasteiger charge is -2.12. The third-order valence-corrected chi connectivity index (χ3v) is 7.26. The lowest BCUT2D eigenvalue weighted by atomic mass is 10.3. The van der Waals surface area contributed by atoms with Crippen LogP contribution >= 0.6 is 11.8 Å². The van der Waals surface area contributed by atoms with Gasteiger partial charge in [0.15, 0.2) is 0 Å². The molecule has 8 nitrogen and oxygen atoms in total. The van der Waals surface area contributed by atoms with E-state index in [9.17, 15) is 21.6 Å². The van der Waals surface area contributed by atoms with Crippen LogP contribution in [0.3, 0.4) is 0 Å². The third kappa shape index (κ3) is 4.61. The summed E-state index contributed by atoms with van der Waals surface area (Å²) in [6, 6.07) is 9.54. The van der Waals surface area contributed by atoms with Crippen LogP contribution in [0.15, 0.2) is 57.2 Å². The number of carbonyl (C=O) groups excluding carboxylic acids is 1. The first-order valence-electron chi connectivity index (χ1n) is 7.81. The minimum absolute atomic E-state index is 0.0211. The molecule has 27 heavy (non-hydrogen) atoms. The molecule has 1 aliphatic rings. The van der Waals surface area contributed by atoms with E-state index in [2.05, 4.69) is 10.0 Å².